The number of nitrogens with one attached hydrogen (secondary N) is 2. The van der Waals surface area contributed by atoms with Crippen molar-refractivity contribution in [3.8, 4) is 11.5 Å². The average molecular weight is 290 g/mol. The Bertz CT molecular complexity index is 595. The summed E-state index contributed by atoms with van der Waals surface area (Å²) in [6.07, 6.45) is 0. The molecule has 0 aliphatic rings. The highest BCUT2D eigenvalue weighted by molar-refractivity contribution is 5.89. The number of amides is 2. The van der Waals surface area contributed by atoms with Crippen molar-refractivity contribution in [2.75, 3.05) is 19.0 Å². The number of methoxy groups -OCH3 is 1. The molecule has 0 aliphatic heterocycles. The molecule has 1 heterocycles. The average Bonchev–Trinajstić information content (AvgIpc) is 2.86. The van der Waals surface area contributed by atoms with Crippen LogP contribution in [0.2, 0.25) is 0 Å². The number of hydrogen-bond donors (Lipinski definition) is 2. The van der Waals surface area contributed by atoms with E-state index in [0.29, 0.717) is 24.1 Å². The molecular formula is C14H18N4O3. The lowest BCUT2D eigenvalue weighted by molar-refractivity contribution is 0.173. The van der Waals surface area contributed by atoms with E-state index in [1.165, 1.54) is 0 Å². The normalized spacial score (nSPS) is 12.0. The van der Waals surface area contributed by atoms with Crippen LogP contribution >= 0.6 is 0 Å². The number of aryl methyl sites for hydroxylation is 1. The maximum atomic E-state index is 11.7. The van der Waals surface area contributed by atoms with Crippen molar-refractivity contribution in [1.82, 2.24) is 15.5 Å². The molecule has 1 unspecified atom stereocenters. The lowest BCUT2D eigenvalue weighted by Gasteiger charge is -2.13. The Labute approximate surface area is 122 Å². The number of aromatic nitrogens is 2. The molecular weight excluding hydrogens is 272 g/mol. The second kappa shape index (κ2) is 6.85. The minimum atomic E-state index is -0.277. The lowest BCUT2D eigenvalue weighted by Crippen LogP contribution is -2.38. The van der Waals surface area contributed by atoms with Gasteiger partial charge in [0.15, 0.2) is 0 Å². The number of carbonyl (C=O) groups is 1. The van der Waals surface area contributed by atoms with Gasteiger partial charge in [-0.3, -0.25) is 0 Å². The van der Waals surface area contributed by atoms with Gasteiger partial charge in [0.25, 0.3) is 0 Å². The molecule has 2 rings (SSSR count). The van der Waals surface area contributed by atoms with Gasteiger partial charge in [-0.15, -0.1) is 10.2 Å². The van der Waals surface area contributed by atoms with Gasteiger partial charge in [0.1, 0.15) is 0 Å². The van der Waals surface area contributed by atoms with Crippen molar-refractivity contribution in [1.29, 1.82) is 0 Å². The first-order valence-electron chi connectivity index (χ1n) is 6.55. The van der Waals surface area contributed by atoms with E-state index in [-0.39, 0.29) is 12.1 Å². The number of nitrogens with zero attached hydrogens (tertiary/aromatic N) is 2. The maximum Gasteiger partial charge on any atom is 0.319 e. The Morgan fingerprint density at radius 2 is 2.05 bits per heavy atom. The second-order valence-corrected chi connectivity index (χ2v) is 4.66. The Hall–Kier alpha value is -2.41. The molecule has 0 fully saturated rings. The fourth-order valence-corrected chi connectivity index (χ4v) is 1.79. The zero-order valence-corrected chi connectivity index (χ0v) is 12.2. The summed E-state index contributed by atoms with van der Waals surface area (Å²) in [5, 5.41) is 13.2. The van der Waals surface area contributed by atoms with E-state index in [0.717, 1.165) is 5.56 Å². The van der Waals surface area contributed by atoms with Crippen LogP contribution in [0.1, 0.15) is 12.8 Å². The van der Waals surface area contributed by atoms with Crippen molar-refractivity contribution in [2.24, 2.45) is 0 Å². The molecule has 0 aliphatic carbocycles. The third-order valence-corrected chi connectivity index (χ3v) is 2.71. The Morgan fingerprint density at radius 1 is 1.33 bits per heavy atom. The van der Waals surface area contributed by atoms with Gasteiger partial charge in [-0.1, -0.05) is 0 Å². The summed E-state index contributed by atoms with van der Waals surface area (Å²) in [6, 6.07) is 6.82. The highest BCUT2D eigenvalue weighted by Crippen LogP contribution is 2.19. The number of ether oxygens (including phenoxy) is 1. The van der Waals surface area contributed by atoms with Crippen LogP contribution in [0.4, 0.5) is 10.5 Å². The van der Waals surface area contributed by atoms with Crippen LogP contribution in [-0.4, -0.2) is 36.0 Å². The quantitative estimate of drug-likeness (QED) is 0.881. The first kappa shape index (κ1) is 15.0. The molecule has 0 bridgehead atoms. The van der Waals surface area contributed by atoms with Gasteiger partial charge in [-0.05, 0) is 31.2 Å². The molecule has 1 aromatic carbocycles. The van der Waals surface area contributed by atoms with E-state index in [2.05, 4.69) is 20.8 Å². The molecule has 1 atom stereocenters. The van der Waals surface area contributed by atoms with Crippen LogP contribution in [-0.2, 0) is 4.74 Å². The van der Waals surface area contributed by atoms with E-state index in [4.69, 9.17) is 9.15 Å². The molecule has 0 spiro atoms. The van der Waals surface area contributed by atoms with Gasteiger partial charge in [0.05, 0.1) is 12.6 Å². The van der Waals surface area contributed by atoms with E-state index < -0.39 is 0 Å². The van der Waals surface area contributed by atoms with Crippen LogP contribution in [0.15, 0.2) is 28.7 Å². The van der Waals surface area contributed by atoms with Crippen molar-refractivity contribution >= 4 is 11.7 Å². The summed E-state index contributed by atoms with van der Waals surface area (Å²) >= 11 is 0. The van der Waals surface area contributed by atoms with Crippen LogP contribution < -0.4 is 10.6 Å². The summed E-state index contributed by atoms with van der Waals surface area (Å²) in [6.45, 7) is 4.06. The standard InChI is InChI=1S/C14H18N4O3/c1-9(8-20-3)15-14(19)16-12-6-4-11(5-7-12)13-18-17-10(2)21-13/h4-7,9H,8H2,1-3H3,(H2,15,16,19). The largest absolute Gasteiger partial charge is 0.421 e. The topological polar surface area (TPSA) is 89.3 Å². The number of carbonyl (C=O) groups excluding carboxylic acids is 1. The summed E-state index contributed by atoms with van der Waals surface area (Å²) < 4.78 is 10.3. The van der Waals surface area contributed by atoms with Gasteiger partial charge in [0, 0.05) is 25.3 Å². The third kappa shape index (κ3) is 4.28. The van der Waals surface area contributed by atoms with Gasteiger partial charge in [-0.25, -0.2) is 4.79 Å². The number of urea groups is 1. The molecule has 1 aromatic heterocycles. The van der Waals surface area contributed by atoms with Gasteiger partial charge >= 0.3 is 6.03 Å². The lowest BCUT2D eigenvalue weighted by atomic mass is 10.2. The third-order valence-electron chi connectivity index (χ3n) is 2.71. The maximum absolute atomic E-state index is 11.7. The van der Waals surface area contributed by atoms with E-state index in [9.17, 15) is 4.79 Å². The fraction of sp³-hybridized carbons (Fsp3) is 0.357. The first-order chi connectivity index (χ1) is 10.1. The Morgan fingerprint density at radius 3 is 2.62 bits per heavy atom. The molecule has 21 heavy (non-hydrogen) atoms. The van der Waals surface area contributed by atoms with Crippen LogP contribution in [0.3, 0.4) is 0 Å². The van der Waals surface area contributed by atoms with Gasteiger partial charge in [0.2, 0.25) is 11.8 Å². The van der Waals surface area contributed by atoms with Crippen LogP contribution in [0.25, 0.3) is 11.5 Å². The highest BCUT2D eigenvalue weighted by atomic mass is 16.5. The summed E-state index contributed by atoms with van der Waals surface area (Å²) in [4.78, 5) is 11.7. The fourth-order valence-electron chi connectivity index (χ4n) is 1.79. The molecule has 2 N–H and O–H groups in total. The number of benzene rings is 1. The van der Waals surface area contributed by atoms with E-state index in [1.807, 2.05) is 6.92 Å². The molecule has 112 valence electrons. The van der Waals surface area contributed by atoms with Crippen molar-refractivity contribution < 1.29 is 13.9 Å². The molecule has 0 saturated heterocycles. The minimum Gasteiger partial charge on any atom is -0.421 e. The van der Waals surface area contributed by atoms with Crippen molar-refractivity contribution in [2.45, 2.75) is 19.9 Å². The molecule has 2 aromatic rings. The monoisotopic (exact) mass is 290 g/mol. The SMILES string of the molecule is COCC(C)NC(=O)Nc1ccc(-c2nnc(C)o2)cc1. The molecule has 2 amide bonds. The molecule has 7 nitrogen and oxygen atoms in total. The number of anilines is 1. The smallest absolute Gasteiger partial charge is 0.319 e. The summed E-state index contributed by atoms with van der Waals surface area (Å²) in [7, 11) is 1.59. The predicted octanol–water partition coefficient (Wildman–Crippen LogP) is 2.20. The van der Waals surface area contributed by atoms with Gasteiger partial charge in [-0.2, -0.15) is 0 Å². The van der Waals surface area contributed by atoms with Crippen LogP contribution in [0.5, 0.6) is 0 Å². The van der Waals surface area contributed by atoms with Crippen LogP contribution in [0, 0.1) is 6.92 Å². The summed E-state index contributed by atoms with van der Waals surface area (Å²) in [5.41, 5.74) is 1.48. The zero-order chi connectivity index (χ0) is 15.2. The van der Waals surface area contributed by atoms with Crippen molar-refractivity contribution in [3.05, 3.63) is 30.2 Å². The van der Waals surface area contributed by atoms with Gasteiger partial charge < -0.3 is 19.8 Å². The molecule has 0 radical (unpaired) electrons. The van der Waals surface area contributed by atoms with E-state index >= 15 is 0 Å². The Balaban J connectivity index is 1.95. The Kier molecular flexibility index (Phi) is 4.89. The van der Waals surface area contributed by atoms with Crippen molar-refractivity contribution in [3.63, 3.8) is 0 Å². The van der Waals surface area contributed by atoms with E-state index in [1.54, 1.807) is 38.3 Å². The summed E-state index contributed by atoms with van der Waals surface area (Å²) in [5.74, 6) is 0.968. The predicted molar refractivity (Wildman–Crippen MR) is 78.0 cm³/mol. The number of rotatable bonds is 5. The number of hydrogen-bond acceptors (Lipinski definition) is 5. The second-order valence-electron chi connectivity index (χ2n) is 4.66. The molecule has 0 saturated carbocycles. The highest BCUT2D eigenvalue weighted by Gasteiger charge is 2.08. The minimum absolute atomic E-state index is 0.0596. The zero-order valence-electron chi connectivity index (χ0n) is 12.2. The molecule has 7 heteroatoms. The first-order valence-corrected chi connectivity index (χ1v) is 6.55.